The standard InChI is InChI=1S/C23H27NO4/c1-3-4-5-15-28-21-8-6-7-19-20(21)16-22(27-2)24(23(19)26)14-13-17-9-11-18(25)12-10-17/h6-12,16,25H,3-5,13-15H2,1-2H3. The van der Waals surface area contributed by atoms with Crippen molar-refractivity contribution in [3.8, 4) is 17.4 Å². The fourth-order valence-corrected chi connectivity index (χ4v) is 3.27. The zero-order valence-corrected chi connectivity index (χ0v) is 16.5. The van der Waals surface area contributed by atoms with E-state index in [4.69, 9.17) is 9.47 Å². The Morgan fingerprint density at radius 1 is 1.04 bits per heavy atom. The Kier molecular flexibility index (Phi) is 6.58. The summed E-state index contributed by atoms with van der Waals surface area (Å²) in [5.74, 6) is 1.46. The number of fused-ring (bicyclic) bond motifs is 1. The molecule has 5 nitrogen and oxygen atoms in total. The van der Waals surface area contributed by atoms with Crippen LogP contribution in [0.5, 0.6) is 17.4 Å². The van der Waals surface area contributed by atoms with Crippen molar-refractivity contribution in [2.24, 2.45) is 0 Å². The summed E-state index contributed by atoms with van der Waals surface area (Å²) in [6.45, 7) is 3.28. The van der Waals surface area contributed by atoms with Gasteiger partial charge in [0.05, 0.1) is 19.1 Å². The van der Waals surface area contributed by atoms with Crippen molar-refractivity contribution in [2.45, 2.75) is 39.2 Å². The molecule has 0 radical (unpaired) electrons. The van der Waals surface area contributed by atoms with E-state index >= 15 is 0 Å². The third kappa shape index (κ3) is 4.47. The maximum absolute atomic E-state index is 13.1. The summed E-state index contributed by atoms with van der Waals surface area (Å²) in [7, 11) is 1.57. The molecule has 148 valence electrons. The van der Waals surface area contributed by atoms with Gasteiger partial charge in [0, 0.05) is 18.0 Å². The Bertz CT molecular complexity index is 976. The first-order valence-corrected chi connectivity index (χ1v) is 9.75. The van der Waals surface area contributed by atoms with Crippen molar-refractivity contribution in [1.82, 2.24) is 4.57 Å². The zero-order valence-electron chi connectivity index (χ0n) is 16.5. The largest absolute Gasteiger partial charge is 0.508 e. The van der Waals surface area contributed by atoms with E-state index in [0.29, 0.717) is 30.8 Å². The molecule has 2 aromatic carbocycles. The smallest absolute Gasteiger partial charge is 0.261 e. The van der Waals surface area contributed by atoms with E-state index in [2.05, 4.69) is 6.92 Å². The topological polar surface area (TPSA) is 60.7 Å². The van der Waals surface area contributed by atoms with E-state index in [1.54, 1.807) is 23.8 Å². The molecule has 0 spiro atoms. The minimum Gasteiger partial charge on any atom is -0.508 e. The van der Waals surface area contributed by atoms with Crippen LogP contribution < -0.4 is 15.0 Å². The Morgan fingerprint density at radius 2 is 1.82 bits per heavy atom. The van der Waals surface area contributed by atoms with Gasteiger partial charge in [0.2, 0.25) is 0 Å². The fraction of sp³-hybridized carbons (Fsp3) is 0.348. The third-order valence-electron chi connectivity index (χ3n) is 4.85. The number of phenols is 1. The molecule has 0 bridgehead atoms. The number of phenolic OH excluding ortho intramolecular Hbond substituents is 1. The number of hydrogen-bond donors (Lipinski definition) is 1. The van der Waals surface area contributed by atoms with Crippen LogP contribution in [0.25, 0.3) is 10.8 Å². The Morgan fingerprint density at radius 3 is 2.54 bits per heavy atom. The number of aryl methyl sites for hydroxylation is 1. The Labute approximate surface area is 165 Å². The predicted molar refractivity (Wildman–Crippen MR) is 112 cm³/mol. The molecule has 3 aromatic rings. The molecular weight excluding hydrogens is 354 g/mol. The Balaban J connectivity index is 1.89. The van der Waals surface area contributed by atoms with E-state index < -0.39 is 0 Å². The number of benzene rings is 2. The lowest BCUT2D eigenvalue weighted by atomic mass is 10.1. The first-order chi connectivity index (χ1) is 13.6. The van der Waals surface area contributed by atoms with Crippen LogP contribution in [0.1, 0.15) is 31.7 Å². The van der Waals surface area contributed by atoms with Gasteiger partial charge in [-0.05, 0) is 42.7 Å². The molecule has 0 aliphatic heterocycles. The molecule has 0 aliphatic rings. The fourth-order valence-electron chi connectivity index (χ4n) is 3.27. The highest BCUT2D eigenvalue weighted by atomic mass is 16.5. The van der Waals surface area contributed by atoms with Gasteiger partial charge in [0.1, 0.15) is 11.5 Å². The maximum Gasteiger partial charge on any atom is 0.261 e. The Hall–Kier alpha value is -2.95. The van der Waals surface area contributed by atoms with E-state index in [1.807, 2.05) is 36.4 Å². The highest BCUT2D eigenvalue weighted by molar-refractivity contribution is 5.88. The first kappa shape index (κ1) is 19.8. The molecule has 0 aliphatic carbocycles. The van der Waals surface area contributed by atoms with Crippen LogP contribution in [-0.4, -0.2) is 23.4 Å². The van der Waals surface area contributed by atoms with Gasteiger partial charge < -0.3 is 14.6 Å². The van der Waals surface area contributed by atoms with Crippen LogP contribution in [0.15, 0.2) is 53.3 Å². The van der Waals surface area contributed by atoms with Gasteiger partial charge in [-0.15, -0.1) is 0 Å². The van der Waals surface area contributed by atoms with Crippen LogP contribution in [-0.2, 0) is 13.0 Å². The average Bonchev–Trinajstić information content (AvgIpc) is 2.71. The number of nitrogens with zero attached hydrogens (tertiary/aromatic N) is 1. The van der Waals surface area contributed by atoms with E-state index in [9.17, 15) is 9.90 Å². The van der Waals surface area contributed by atoms with Crippen LogP contribution in [0, 0.1) is 0 Å². The van der Waals surface area contributed by atoms with Crippen LogP contribution in [0.4, 0.5) is 0 Å². The quantitative estimate of drug-likeness (QED) is 0.553. The van der Waals surface area contributed by atoms with Crippen molar-refractivity contribution >= 4 is 10.8 Å². The van der Waals surface area contributed by atoms with Crippen molar-refractivity contribution < 1.29 is 14.6 Å². The molecule has 0 atom stereocenters. The first-order valence-electron chi connectivity index (χ1n) is 9.75. The number of aromatic nitrogens is 1. The monoisotopic (exact) mass is 381 g/mol. The molecule has 3 rings (SSSR count). The van der Waals surface area contributed by atoms with Gasteiger partial charge in [0.15, 0.2) is 5.88 Å². The second-order valence-electron chi connectivity index (χ2n) is 6.83. The molecule has 0 fully saturated rings. The van der Waals surface area contributed by atoms with Gasteiger partial charge in [-0.3, -0.25) is 9.36 Å². The SMILES string of the molecule is CCCCCOc1cccc2c(=O)n(CCc3ccc(O)cc3)c(OC)cc12. The van der Waals surface area contributed by atoms with E-state index in [0.717, 1.165) is 36.0 Å². The number of ether oxygens (including phenoxy) is 2. The van der Waals surface area contributed by atoms with Gasteiger partial charge in [-0.25, -0.2) is 0 Å². The van der Waals surface area contributed by atoms with Crippen molar-refractivity contribution in [1.29, 1.82) is 0 Å². The molecule has 0 saturated heterocycles. The summed E-state index contributed by atoms with van der Waals surface area (Å²) in [5.41, 5.74) is 0.951. The summed E-state index contributed by atoms with van der Waals surface area (Å²) >= 11 is 0. The van der Waals surface area contributed by atoms with Crippen molar-refractivity contribution in [3.05, 3.63) is 64.4 Å². The van der Waals surface area contributed by atoms with Crippen LogP contribution >= 0.6 is 0 Å². The van der Waals surface area contributed by atoms with Gasteiger partial charge in [-0.1, -0.05) is 38.0 Å². The van der Waals surface area contributed by atoms with Crippen LogP contribution in [0.2, 0.25) is 0 Å². The van der Waals surface area contributed by atoms with Crippen LogP contribution in [0.3, 0.4) is 0 Å². The number of pyridine rings is 1. The highest BCUT2D eigenvalue weighted by Crippen LogP contribution is 2.27. The molecule has 0 amide bonds. The lowest BCUT2D eigenvalue weighted by Crippen LogP contribution is -2.23. The minimum atomic E-state index is -0.0906. The minimum absolute atomic E-state index is 0.0906. The number of unbranched alkanes of at least 4 members (excludes halogenated alkanes) is 2. The van der Waals surface area contributed by atoms with E-state index in [1.165, 1.54) is 0 Å². The molecule has 5 heteroatoms. The summed E-state index contributed by atoms with van der Waals surface area (Å²) in [6.07, 6.45) is 3.92. The summed E-state index contributed by atoms with van der Waals surface area (Å²) in [6, 6.07) is 14.5. The number of methoxy groups -OCH3 is 1. The van der Waals surface area contributed by atoms with E-state index in [-0.39, 0.29) is 11.3 Å². The highest BCUT2D eigenvalue weighted by Gasteiger charge is 2.13. The number of rotatable bonds is 9. The van der Waals surface area contributed by atoms with Crippen molar-refractivity contribution in [2.75, 3.05) is 13.7 Å². The van der Waals surface area contributed by atoms with Gasteiger partial charge in [-0.2, -0.15) is 0 Å². The number of aromatic hydroxyl groups is 1. The third-order valence-corrected chi connectivity index (χ3v) is 4.85. The molecule has 0 saturated carbocycles. The number of hydrogen-bond acceptors (Lipinski definition) is 4. The second kappa shape index (κ2) is 9.31. The zero-order chi connectivity index (χ0) is 19.9. The molecule has 1 heterocycles. The average molecular weight is 381 g/mol. The van der Waals surface area contributed by atoms with Gasteiger partial charge >= 0.3 is 0 Å². The summed E-state index contributed by atoms with van der Waals surface area (Å²) < 4.78 is 13.1. The molecular formula is C23H27NO4. The summed E-state index contributed by atoms with van der Waals surface area (Å²) in [5, 5.41) is 10.8. The van der Waals surface area contributed by atoms with Gasteiger partial charge in [0.25, 0.3) is 5.56 Å². The molecule has 1 aromatic heterocycles. The summed E-state index contributed by atoms with van der Waals surface area (Å²) in [4.78, 5) is 13.1. The van der Waals surface area contributed by atoms with Crippen molar-refractivity contribution in [3.63, 3.8) is 0 Å². The molecule has 1 N–H and O–H groups in total. The normalized spacial score (nSPS) is 10.9. The maximum atomic E-state index is 13.1. The predicted octanol–water partition coefficient (Wildman–Crippen LogP) is 4.53. The molecule has 0 unspecified atom stereocenters. The lowest BCUT2D eigenvalue weighted by Gasteiger charge is -2.15. The second-order valence-corrected chi connectivity index (χ2v) is 6.83. The lowest BCUT2D eigenvalue weighted by molar-refractivity contribution is 0.309. The molecule has 28 heavy (non-hydrogen) atoms.